The standard InChI is InChI=1S/C16H16O2/c1-2-17-16-14-11-7-6-10-13(14)15(18-16)12-8-4-3-5-9-12/h3-11,15-16H,2H2,1H3/t15-,16?/m1/s1. The van der Waals surface area contributed by atoms with Crippen LogP contribution in [0.2, 0.25) is 0 Å². The number of hydrogen-bond donors (Lipinski definition) is 0. The van der Waals surface area contributed by atoms with E-state index in [1.807, 2.05) is 37.3 Å². The van der Waals surface area contributed by atoms with Crippen LogP contribution in [0.1, 0.15) is 36.0 Å². The topological polar surface area (TPSA) is 18.5 Å². The Morgan fingerprint density at radius 2 is 1.61 bits per heavy atom. The van der Waals surface area contributed by atoms with Gasteiger partial charge in [-0.15, -0.1) is 0 Å². The lowest BCUT2D eigenvalue weighted by atomic mass is 9.99. The lowest BCUT2D eigenvalue weighted by Crippen LogP contribution is -2.04. The minimum atomic E-state index is -0.239. The molecular formula is C16H16O2. The van der Waals surface area contributed by atoms with Crippen molar-refractivity contribution in [3.8, 4) is 0 Å². The van der Waals surface area contributed by atoms with E-state index in [1.165, 1.54) is 11.1 Å². The Labute approximate surface area is 107 Å². The molecule has 0 amide bonds. The molecule has 18 heavy (non-hydrogen) atoms. The second-order valence-electron chi connectivity index (χ2n) is 4.34. The van der Waals surface area contributed by atoms with Crippen LogP contribution in [-0.4, -0.2) is 6.61 Å². The Morgan fingerprint density at radius 1 is 0.944 bits per heavy atom. The maximum Gasteiger partial charge on any atom is 0.185 e. The number of ether oxygens (including phenoxy) is 2. The number of rotatable bonds is 3. The van der Waals surface area contributed by atoms with Crippen molar-refractivity contribution in [2.24, 2.45) is 0 Å². The van der Waals surface area contributed by atoms with Gasteiger partial charge in [0.05, 0.1) is 0 Å². The van der Waals surface area contributed by atoms with E-state index in [1.54, 1.807) is 0 Å². The second kappa shape index (κ2) is 4.92. The average molecular weight is 240 g/mol. The van der Waals surface area contributed by atoms with Crippen molar-refractivity contribution >= 4 is 0 Å². The van der Waals surface area contributed by atoms with Gasteiger partial charge in [0.1, 0.15) is 6.10 Å². The Bertz CT molecular complexity index is 522. The molecule has 2 heteroatoms. The molecule has 2 aromatic rings. The molecule has 2 atom stereocenters. The Kier molecular flexibility index (Phi) is 3.13. The van der Waals surface area contributed by atoms with Gasteiger partial charge in [-0.2, -0.15) is 0 Å². The maximum absolute atomic E-state index is 6.04. The van der Waals surface area contributed by atoms with Gasteiger partial charge in [0.25, 0.3) is 0 Å². The predicted molar refractivity (Wildman–Crippen MR) is 70.2 cm³/mol. The predicted octanol–water partition coefficient (Wildman–Crippen LogP) is 3.84. The molecule has 0 fully saturated rings. The van der Waals surface area contributed by atoms with E-state index in [-0.39, 0.29) is 12.4 Å². The summed E-state index contributed by atoms with van der Waals surface area (Å²) in [5, 5.41) is 0. The first kappa shape index (κ1) is 11.5. The molecule has 3 rings (SSSR count). The highest BCUT2D eigenvalue weighted by atomic mass is 16.7. The molecule has 1 aliphatic rings. The average Bonchev–Trinajstić information content (AvgIpc) is 2.80. The summed E-state index contributed by atoms with van der Waals surface area (Å²) in [6.45, 7) is 2.64. The molecule has 2 nitrogen and oxygen atoms in total. The molecule has 1 heterocycles. The van der Waals surface area contributed by atoms with Crippen molar-refractivity contribution in [1.82, 2.24) is 0 Å². The molecule has 92 valence electrons. The summed E-state index contributed by atoms with van der Waals surface area (Å²) >= 11 is 0. The zero-order valence-corrected chi connectivity index (χ0v) is 10.4. The molecular weight excluding hydrogens is 224 g/mol. The molecule has 0 bridgehead atoms. The molecule has 1 aliphatic heterocycles. The first-order valence-corrected chi connectivity index (χ1v) is 6.31. The van der Waals surface area contributed by atoms with Crippen LogP contribution in [0.25, 0.3) is 0 Å². The third-order valence-corrected chi connectivity index (χ3v) is 3.21. The number of hydrogen-bond acceptors (Lipinski definition) is 2. The van der Waals surface area contributed by atoms with Gasteiger partial charge in [-0.3, -0.25) is 0 Å². The molecule has 0 aromatic heterocycles. The second-order valence-corrected chi connectivity index (χ2v) is 4.34. The zero-order valence-electron chi connectivity index (χ0n) is 10.4. The van der Waals surface area contributed by atoms with Crippen molar-refractivity contribution < 1.29 is 9.47 Å². The lowest BCUT2D eigenvalue weighted by molar-refractivity contribution is -0.147. The summed E-state index contributed by atoms with van der Waals surface area (Å²) in [7, 11) is 0. The highest BCUT2D eigenvalue weighted by molar-refractivity contribution is 5.39. The van der Waals surface area contributed by atoms with E-state index in [2.05, 4.69) is 24.3 Å². The molecule has 0 radical (unpaired) electrons. The van der Waals surface area contributed by atoms with Crippen LogP contribution < -0.4 is 0 Å². The van der Waals surface area contributed by atoms with Gasteiger partial charge in [-0.1, -0.05) is 54.6 Å². The normalized spacial score (nSPS) is 21.8. The smallest absolute Gasteiger partial charge is 0.185 e. The summed E-state index contributed by atoms with van der Waals surface area (Å²) in [5.41, 5.74) is 3.53. The van der Waals surface area contributed by atoms with Crippen molar-refractivity contribution in [3.63, 3.8) is 0 Å². The van der Waals surface area contributed by atoms with E-state index < -0.39 is 0 Å². The Balaban J connectivity index is 1.99. The first-order chi connectivity index (χ1) is 8.90. The van der Waals surface area contributed by atoms with Gasteiger partial charge in [0.15, 0.2) is 6.29 Å². The molecule has 1 unspecified atom stereocenters. The van der Waals surface area contributed by atoms with Gasteiger partial charge < -0.3 is 9.47 Å². The molecule has 2 aromatic carbocycles. The van der Waals surface area contributed by atoms with Crippen LogP contribution in [0.4, 0.5) is 0 Å². The van der Waals surface area contributed by atoms with E-state index in [0.717, 1.165) is 5.56 Å². The minimum Gasteiger partial charge on any atom is -0.349 e. The van der Waals surface area contributed by atoms with E-state index in [0.29, 0.717) is 6.61 Å². The molecule has 0 saturated carbocycles. The molecule has 0 aliphatic carbocycles. The van der Waals surface area contributed by atoms with Gasteiger partial charge >= 0.3 is 0 Å². The fourth-order valence-corrected chi connectivity index (χ4v) is 2.40. The Morgan fingerprint density at radius 3 is 2.33 bits per heavy atom. The minimum absolute atomic E-state index is 0.0149. The summed E-state index contributed by atoms with van der Waals surface area (Å²) in [4.78, 5) is 0. The summed E-state index contributed by atoms with van der Waals surface area (Å²) < 4.78 is 11.7. The van der Waals surface area contributed by atoms with Crippen LogP contribution in [0, 0.1) is 0 Å². The van der Waals surface area contributed by atoms with Gasteiger partial charge in [0.2, 0.25) is 0 Å². The molecule has 0 saturated heterocycles. The van der Waals surface area contributed by atoms with Gasteiger partial charge in [0, 0.05) is 12.2 Å². The van der Waals surface area contributed by atoms with E-state index in [4.69, 9.17) is 9.47 Å². The SMILES string of the molecule is CCOC1O[C@H](c2ccccc2)c2ccccc21. The molecule has 0 N–H and O–H groups in total. The molecule has 0 spiro atoms. The van der Waals surface area contributed by atoms with E-state index >= 15 is 0 Å². The fraction of sp³-hybridized carbons (Fsp3) is 0.250. The van der Waals surface area contributed by atoms with Gasteiger partial charge in [-0.05, 0) is 18.1 Å². The Hall–Kier alpha value is -1.64. The summed E-state index contributed by atoms with van der Waals surface area (Å²) in [5.74, 6) is 0. The van der Waals surface area contributed by atoms with Crippen molar-refractivity contribution in [2.75, 3.05) is 6.61 Å². The maximum atomic E-state index is 6.04. The third kappa shape index (κ3) is 1.94. The quantitative estimate of drug-likeness (QED) is 0.811. The highest BCUT2D eigenvalue weighted by Gasteiger charge is 2.32. The van der Waals surface area contributed by atoms with E-state index in [9.17, 15) is 0 Å². The van der Waals surface area contributed by atoms with Crippen molar-refractivity contribution in [3.05, 3.63) is 71.3 Å². The largest absolute Gasteiger partial charge is 0.349 e. The number of fused-ring (bicyclic) bond motifs is 1. The highest BCUT2D eigenvalue weighted by Crippen LogP contribution is 2.42. The van der Waals surface area contributed by atoms with Crippen LogP contribution in [0.15, 0.2) is 54.6 Å². The fourth-order valence-electron chi connectivity index (χ4n) is 2.40. The third-order valence-electron chi connectivity index (χ3n) is 3.21. The van der Waals surface area contributed by atoms with Gasteiger partial charge in [-0.25, -0.2) is 0 Å². The van der Waals surface area contributed by atoms with Crippen LogP contribution in [0.3, 0.4) is 0 Å². The summed E-state index contributed by atoms with van der Waals surface area (Å²) in [6.07, 6.45) is -0.254. The monoisotopic (exact) mass is 240 g/mol. The van der Waals surface area contributed by atoms with Crippen molar-refractivity contribution in [2.45, 2.75) is 19.3 Å². The number of benzene rings is 2. The van der Waals surface area contributed by atoms with Crippen LogP contribution in [-0.2, 0) is 9.47 Å². The van der Waals surface area contributed by atoms with Crippen LogP contribution >= 0.6 is 0 Å². The lowest BCUT2D eigenvalue weighted by Gasteiger charge is -2.14. The zero-order chi connectivity index (χ0) is 12.4. The first-order valence-electron chi connectivity index (χ1n) is 6.31. The van der Waals surface area contributed by atoms with Crippen LogP contribution in [0.5, 0.6) is 0 Å². The van der Waals surface area contributed by atoms with Crippen molar-refractivity contribution in [1.29, 1.82) is 0 Å². The summed E-state index contributed by atoms with van der Waals surface area (Å²) in [6, 6.07) is 18.6.